The normalized spacial score (nSPS) is 14.6. The van der Waals surface area contributed by atoms with E-state index >= 15 is 0 Å². The van der Waals surface area contributed by atoms with Gasteiger partial charge in [0.25, 0.3) is 11.5 Å². The number of hydrogen-bond acceptors (Lipinski definition) is 5. The van der Waals surface area contributed by atoms with Crippen molar-refractivity contribution in [2.45, 2.75) is 45.1 Å². The minimum absolute atomic E-state index is 0.00568. The monoisotopic (exact) mass is 462 g/mol. The molecule has 7 nitrogen and oxygen atoms in total. The maximum Gasteiger partial charge on any atom is 0.269 e. The van der Waals surface area contributed by atoms with Crippen molar-refractivity contribution in [3.05, 3.63) is 74.7 Å². The number of rotatable bonds is 5. The van der Waals surface area contributed by atoms with Gasteiger partial charge in [-0.25, -0.2) is 0 Å². The first kappa shape index (κ1) is 22.6. The third-order valence-electron chi connectivity index (χ3n) is 5.67. The van der Waals surface area contributed by atoms with Crippen LogP contribution in [-0.4, -0.2) is 21.3 Å². The van der Waals surface area contributed by atoms with E-state index in [2.05, 4.69) is 10.3 Å². The Kier molecular flexibility index (Phi) is 6.76. The van der Waals surface area contributed by atoms with E-state index in [-0.39, 0.29) is 23.1 Å². The molecule has 1 aliphatic rings. The minimum atomic E-state index is -0.504. The van der Waals surface area contributed by atoms with Crippen LogP contribution in [0, 0.1) is 18.3 Å². The lowest BCUT2D eigenvalue weighted by Gasteiger charge is -2.22. The average Bonchev–Trinajstić information content (AvgIpc) is 2.82. The van der Waals surface area contributed by atoms with Crippen molar-refractivity contribution in [2.75, 3.05) is 0 Å². The molecule has 4 rings (SSSR count). The van der Waals surface area contributed by atoms with Crippen molar-refractivity contribution in [1.29, 1.82) is 5.26 Å². The van der Waals surface area contributed by atoms with Gasteiger partial charge in [-0.1, -0.05) is 36.9 Å². The number of nitriles is 1. The number of benzene rings is 1. The van der Waals surface area contributed by atoms with Gasteiger partial charge >= 0.3 is 0 Å². The highest BCUT2D eigenvalue weighted by atomic mass is 35.5. The van der Waals surface area contributed by atoms with E-state index in [1.807, 2.05) is 13.0 Å². The summed E-state index contributed by atoms with van der Waals surface area (Å²) in [5, 5.41) is 13.2. The van der Waals surface area contributed by atoms with Crippen LogP contribution >= 0.6 is 11.6 Å². The van der Waals surface area contributed by atoms with Crippen LogP contribution in [0.25, 0.3) is 11.7 Å². The molecular weight excluding hydrogens is 440 g/mol. The molecule has 1 N–H and O–H groups in total. The number of aryl methyl sites for hydroxylation is 1. The number of fused-ring (bicyclic) bond motifs is 1. The van der Waals surface area contributed by atoms with E-state index in [1.54, 1.807) is 42.6 Å². The van der Waals surface area contributed by atoms with Gasteiger partial charge in [0.2, 0.25) is 5.88 Å². The second-order valence-electron chi connectivity index (χ2n) is 8.06. The Morgan fingerprint density at radius 2 is 2.06 bits per heavy atom. The molecule has 0 saturated heterocycles. The van der Waals surface area contributed by atoms with Crippen LogP contribution in [0.15, 0.2) is 53.0 Å². The molecule has 3 aromatic rings. The summed E-state index contributed by atoms with van der Waals surface area (Å²) in [6, 6.07) is 12.2. The number of hydrogen-bond donors (Lipinski definition) is 1. The quantitative estimate of drug-likeness (QED) is 0.433. The average molecular weight is 463 g/mol. The van der Waals surface area contributed by atoms with Gasteiger partial charge in [0.15, 0.2) is 0 Å². The Balaban J connectivity index is 1.76. The molecule has 2 aromatic heterocycles. The Morgan fingerprint density at radius 3 is 2.79 bits per heavy atom. The van der Waals surface area contributed by atoms with Crippen LogP contribution in [-0.2, 0) is 4.79 Å². The number of ether oxygens (including phenoxy) is 1. The molecule has 2 heterocycles. The van der Waals surface area contributed by atoms with Gasteiger partial charge in [-0.15, -0.1) is 0 Å². The summed E-state index contributed by atoms with van der Waals surface area (Å²) in [5.41, 5.74) is 0.576. The highest BCUT2D eigenvalue weighted by Crippen LogP contribution is 2.27. The molecule has 0 bridgehead atoms. The lowest BCUT2D eigenvalue weighted by molar-refractivity contribution is -0.117. The molecule has 1 saturated carbocycles. The topological polar surface area (TPSA) is 96.5 Å². The van der Waals surface area contributed by atoms with E-state index in [0.29, 0.717) is 16.4 Å². The summed E-state index contributed by atoms with van der Waals surface area (Å²) in [5.74, 6) is -0.0646. The van der Waals surface area contributed by atoms with Crippen molar-refractivity contribution >= 4 is 29.2 Å². The second-order valence-corrected chi connectivity index (χ2v) is 8.46. The molecule has 0 aliphatic heterocycles. The predicted octanol–water partition coefficient (Wildman–Crippen LogP) is 4.80. The Bertz CT molecular complexity index is 1330. The third-order valence-corrected chi connectivity index (χ3v) is 6.10. The zero-order valence-electron chi connectivity index (χ0n) is 18.2. The molecule has 0 atom stereocenters. The number of pyridine rings is 1. The van der Waals surface area contributed by atoms with Gasteiger partial charge in [-0.2, -0.15) is 10.2 Å². The van der Waals surface area contributed by atoms with Crippen LogP contribution in [0.2, 0.25) is 5.02 Å². The van der Waals surface area contributed by atoms with Crippen LogP contribution in [0.3, 0.4) is 0 Å². The highest BCUT2D eigenvalue weighted by molar-refractivity contribution is 6.31. The number of nitrogens with zero attached hydrogens (tertiary/aromatic N) is 3. The molecule has 1 aromatic carbocycles. The summed E-state index contributed by atoms with van der Waals surface area (Å²) in [7, 11) is 0. The highest BCUT2D eigenvalue weighted by Gasteiger charge is 2.21. The third kappa shape index (κ3) is 5.07. The Labute approximate surface area is 196 Å². The Hall–Kier alpha value is -3.63. The van der Waals surface area contributed by atoms with Crippen molar-refractivity contribution < 1.29 is 9.53 Å². The van der Waals surface area contributed by atoms with Gasteiger partial charge in [-0.05, 0) is 61.7 Å². The summed E-state index contributed by atoms with van der Waals surface area (Å²) < 4.78 is 7.29. The summed E-state index contributed by atoms with van der Waals surface area (Å²) in [6.45, 7) is 1.84. The molecular formula is C25H23ClN4O3. The van der Waals surface area contributed by atoms with Gasteiger partial charge in [0.05, 0.1) is 0 Å². The number of nitrogens with one attached hydrogen (secondary N) is 1. The fraction of sp³-hybridized carbons (Fsp3) is 0.280. The number of carbonyl (C=O) groups is 1. The number of halogens is 1. The predicted molar refractivity (Wildman–Crippen MR) is 126 cm³/mol. The SMILES string of the molecule is Cc1cc(Oc2nc3ccccn3c(=O)c2C=C(C#N)C(=O)NC2CCCCC2)ccc1Cl. The number of aromatic nitrogens is 2. The van der Waals surface area contributed by atoms with Gasteiger partial charge in [0, 0.05) is 17.3 Å². The summed E-state index contributed by atoms with van der Waals surface area (Å²) in [6.07, 6.45) is 7.84. The van der Waals surface area contributed by atoms with Crippen molar-refractivity contribution in [3.8, 4) is 17.7 Å². The van der Waals surface area contributed by atoms with Crippen LogP contribution in [0.5, 0.6) is 11.6 Å². The fourth-order valence-corrected chi connectivity index (χ4v) is 4.00. The van der Waals surface area contributed by atoms with Crippen LogP contribution in [0.1, 0.15) is 43.2 Å². The second kappa shape index (κ2) is 9.88. The van der Waals surface area contributed by atoms with Crippen LogP contribution < -0.4 is 15.6 Å². The van der Waals surface area contributed by atoms with Crippen molar-refractivity contribution in [1.82, 2.24) is 14.7 Å². The largest absolute Gasteiger partial charge is 0.438 e. The number of amides is 1. The summed E-state index contributed by atoms with van der Waals surface area (Å²) >= 11 is 6.11. The van der Waals surface area contributed by atoms with E-state index in [1.165, 1.54) is 10.5 Å². The molecule has 1 fully saturated rings. The van der Waals surface area contributed by atoms with Gasteiger partial charge in [0.1, 0.15) is 28.6 Å². The first-order valence-corrected chi connectivity index (χ1v) is 11.2. The molecule has 0 unspecified atom stereocenters. The standard InChI is InChI=1S/C25H23ClN4O3/c1-16-13-19(10-11-21(16)26)33-24-20(25(32)30-12-6-5-9-22(30)29-24)14-17(15-27)23(31)28-18-7-3-2-4-8-18/h5-6,9-14,18H,2-4,7-8H2,1H3,(H,28,31). The first-order chi connectivity index (χ1) is 16.0. The number of carbonyl (C=O) groups excluding carboxylic acids is 1. The maximum atomic E-state index is 13.3. The lowest BCUT2D eigenvalue weighted by atomic mass is 9.95. The van der Waals surface area contributed by atoms with Gasteiger partial charge in [-0.3, -0.25) is 14.0 Å². The molecule has 0 spiro atoms. The lowest BCUT2D eigenvalue weighted by Crippen LogP contribution is -2.36. The molecule has 33 heavy (non-hydrogen) atoms. The van der Waals surface area contributed by atoms with E-state index < -0.39 is 11.5 Å². The van der Waals surface area contributed by atoms with E-state index in [0.717, 1.165) is 37.7 Å². The molecule has 168 valence electrons. The molecule has 1 amide bonds. The molecule has 0 radical (unpaired) electrons. The van der Waals surface area contributed by atoms with Crippen LogP contribution in [0.4, 0.5) is 0 Å². The zero-order valence-corrected chi connectivity index (χ0v) is 18.9. The first-order valence-electron chi connectivity index (χ1n) is 10.8. The van der Waals surface area contributed by atoms with Gasteiger partial charge < -0.3 is 10.1 Å². The Morgan fingerprint density at radius 1 is 1.27 bits per heavy atom. The fourth-order valence-electron chi connectivity index (χ4n) is 3.88. The molecule has 1 aliphatic carbocycles. The zero-order chi connectivity index (χ0) is 23.4. The maximum absolute atomic E-state index is 13.3. The smallest absolute Gasteiger partial charge is 0.269 e. The minimum Gasteiger partial charge on any atom is -0.438 e. The summed E-state index contributed by atoms with van der Waals surface area (Å²) in [4.78, 5) is 30.5. The molecule has 8 heteroatoms. The van der Waals surface area contributed by atoms with E-state index in [4.69, 9.17) is 16.3 Å². The van der Waals surface area contributed by atoms with Crippen molar-refractivity contribution in [3.63, 3.8) is 0 Å². The van der Waals surface area contributed by atoms with Crippen molar-refractivity contribution in [2.24, 2.45) is 0 Å². The van der Waals surface area contributed by atoms with E-state index in [9.17, 15) is 14.9 Å².